The van der Waals surface area contributed by atoms with E-state index in [4.69, 9.17) is 5.11 Å². The Morgan fingerprint density at radius 2 is 1.88 bits per heavy atom. The van der Waals surface area contributed by atoms with Gasteiger partial charge in [0.05, 0.1) is 0 Å². The average molecular weight is 328 g/mol. The molecule has 0 unspecified atom stereocenters. The van der Waals surface area contributed by atoms with Crippen LogP contribution in [0.15, 0.2) is 30.5 Å². The molecule has 1 amide bonds. The summed E-state index contributed by atoms with van der Waals surface area (Å²) >= 11 is 0. The van der Waals surface area contributed by atoms with Gasteiger partial charge in [0, 0.05) is 38.6 Å². The molecule has 7 heteroatoms. The van der Waals surface area contributed by atoms with Crippen molar-refractivity contribution in [2.24, 2.45) is 7.05 Å². The van der Waals surface area contributed by atoms with Crippen molar-refractivity contribution in [3.05, 3.63) is 47.3 Å². The van der Waals surface area contributed by atoms with Crippen molar-refractivity contribution in [1.82, 2.24) is 15.1 Å². The Morgan fingerprint density at radius 1 is 1.21 bits per heavy atom. The number of amides is 1. The van der Waals surface area contributed by atoms with Crippen LogP contribution >= 0.6 is 0 Å². The molecule has 1 aromatic carbocycles. The van der Waals surface area contributed by atoms with E-state index in [2.05, 4.69) is 27.4 Å². The number of carbonyl (C=O) groups excluding carboxylic acids is 1. The van der Waals surface area contributed by atoms with Crippen LogP contribution in [-0.2, 0) is 13.6 Å². The van der Waals surface area contributed by atoms with Crippen molar-refractivity contribution in [2.75, 3.05) is 18.0 Å². The third kappa shape index (κ3) is 3.40. The van der Waals surface area contributed by atoms with Crippen molar-refractivity contribution in [3.63, 3.8) is 0 Å². The maximum absolute atomic E-state index is 12.2. The number of benzene rings is 1. The van der Waals surface area contributed by atoms with Gasteiger partial charge in [0.25, 0.3) is 5.91 Å². The number of aromatic carboxylic acids is 1. The molecule has 0 aliphatic carbocycles. The highest BCUT2D eigenvalue weighted by molar-refractivity contribution is 6.03. The SMILES string of the molecule is Cn1cc(C(=O)O)c(C(=O)NCc2ccc(N3CCCC3)cc2)n1. The molecule has 1 aromatic heterocycles. The number of hydrogen-bond donors (Lipinski definition) is 2. The van der Waals surface area contributed by atoms with Gasteiger partial charge in [-0.15, -0.1) is 0 Å². The second-order valence-electron chi connectivity index (χ2n) is 5.91. The lowest BCUT2D eigenvalue weighted by Gasteiger charge is -2.17. The second-order valence-corrected chi connectivity index (χ2v) is 5.91. The van der Waals surface area contributed by atoms with Gasteiger partial charge in [-0.3, -0.25) is 9.48 Å². The fraction of sp³-hybridized carbons (Fsp3) is 0.353. The molecule has 126 valence electrons. The van der Waals surface area contributed by atoms with E-state index in [9.17, 15) is 9.59 Å². The van der Waals surface area contributed by atoms with Gasteiger partial charge in [0.15, 0.2) is 5.69 Å². The van der Waals surface area contributed by atoms with Crippen LogP contribution in [-0.4, -0.2) is 39.9 Å². The molecule has 2 N–H and O–H groups in total. The molecule has 2 aromatic rings. The van der Waals surface area contributed by atoms with Crippen LogP contribution in [0.1, 0.15) is 39.3 Å². The fourth-order valence-corrected chi connectivity index (χ4v) is 2.88. The van der Waals surface area contributed by atoms with Gasteiger partial charge in [-0.2, -0.15) is 5.10 Å². The number of aromatic nitrogens is 2. The normalized spacial score (nSPS) is 14.0. The highest BCUT2D eigenvalue weighted by atomic mass is 16.4. The second kappa shape index (κ2) is 6.74. The summed E-state index contributed by atoms with van der Waals surface area (Å²) in [6, 6.07) is 8.06. The number of anilines is 1. The molecule has 1 fully saturated rings. The molecule has 3 rings (SSSR count). The van der Waals surface area contributed by atoms with Crippen molar-refractivity contribution in [3.8, 4) is 0 Å². The van der Waals surface area contributed by atoms with Gasteiger partial charge < -0.3 is 15.3 Å². The Hall–Kier alpha value is -2.83. The summed E-state index contributed by atoms with van der Waals surface area (Å²) in [5.41, 5.74) is 1.98. The fourth-order valence-electron chi connectivity index (χ4n) is 2.88. The largest absolute Gasteiger partial charge is 0.478 e. The van der Waals surface area contributed by atoms with Crippen molar-refractivity contribution in [2.45, 2.75) is 19.4 Å². The summed E-state index contributed by atoms with van der Waals surface area (Å²) < 4.78 is 1.32. The third-order valence-corrected chi connectivity index (χ3v) is 4.13. The summed E-state index contributed by atoms with van der Waals surface area (Å²) in [6.07, 6.45) is 3.78. The van der Waals surface area contributed by atoms with Crippen LogP contribution in [0.3, 0.4) is 0 Å². The maximum atomic E-state index is 12.2. The molecular weight excluding hydrogens is 308 g/mol. The van der Waals surface area contributed by atoms with Crippen LogP contribution in [0, 0.1) is 0 Å². The van der Waals surface area contributed by atoms with Crippen molar-refractivity contribution >= 4 is 17.6 Å². The minimum Gasteiger partial charge on any atom is -0.478 e. The zero-order valence-corrected chi connectivity index (χ0v) is 13.5. The standard InChI is InChI=1S/C17H20N4O3/c1-20-11-14(17(23)24)15(19-20)16(22)18-10-12-4-6-13(7-5-12)21-8-2-3-9-21/h4-7,11H,2-3,8-10H2,1H3,(H,18,22)(H,23,24). The molecule has 0 spiro atoms. The summed E-state index contributed by atoms with van der Waals surface area (Å²) in [5.74, 6) is -1.65. The van der Waals surface area contributed by atoms with Crippen LogP contribution in [0.25, 0.3) is 0 Å². The molecule has 0 radical (unpaired) electrons. The van der Waals surface area contributed by atoms with Crippen LogP contribution in [0.4, 0.5) is 5.69 Å². The number of carboxylic acid groups (broad SMARTS) is 1. The lowest BCUT2D eigenvalue weighted by atomic mass is 10.2. The smallest absolute Gasteiger partial charge is 0.339 e. The van der Waals surface area contributed by atoms with E-state index in [0.717, 1.165) is 18.7 Å². The molecule has 24 heavy (non-hydrogen) atoms. The lowest BCUT2D eigenvalue weighted by molar-refractivity contribution is 0.0691. The predicted octanol–water partition coefficient (Wildman–Crippen LogP) is 1.65. The van der Waals surface area contributed by atoms with Crippen molar-refractivity contribution < 1.29 is 14.7 Å². The predicted molar refractivity (Wildman–Crippen MR) is 89.2 cm³/mol. The third-order valence-electron chi connectivity index (χ3n) is 4.13. The topological polar surface area (TPSA) is 87.5 Å². The number of aryl methyl sites for hydroxylation is 1. The summed E-state index contributed by atoms with van der Waals surface area (Å²) in [6.45, 7) is 2.51. The van der Waals surface area contributed by atoms with Crippen molar-refractivity contribution in [1.29, 1.82) is 0 Å². The van der Waals surface area contributed by atoms with Gasteiger partial charge in [0.1, 0.15) is 5.56 Å². The summed E-state index contributed by atoms with van der Waals surface area (Å²) in [4.78, 5) is 25.7. The molecule has 0 saturated carbocycles. The molecule has 1 aliphatic heterocycles. The summed E-state index contributed by atoms with van der Waals surface area (Å²) in [5, 5.41) is 15.8. The van der Waals surface area contributed by atoms with Gasteiger partial charge in [0.2, 0.25) is 0 Å². The first-order valence-corrected chi connectivity index (χ1v) is 7.93. The molecule has 1 aliphatic rings. The number of carbonyl (C=O) groups is 2. The van der Waals surface area contributed by atoms with Gasteiger partial charge in [-0.05, 0) is 30.5 Å². The van der Waals surface area contributed by atoms with E-state index in [1.807, 2.05) is 12.1 Å². The molecule has 0 bridgehead atoms. The van der Waals surface area contributed by atoms with Gasteiger partial charge in [-0.1, -0.05) is 12.1 Å². The first-order valence-electron chi connectivity index (χ1n) is 7.93. The van der Waals surface area contributed by atoms with E-state index in [0.29, 0.717) is 6.54 Å². The average Bonchev–Trinajstić information content (AvgIpc) is 3.22. The zero-order chi connectivity index (χ0) is 17.1. The van der Waals surface area contributed by atoms with Crippen LogP contribution in [0.5, 0.6) is 0 Å². The highest BCUT2D eigenvalue weighted by Gasteiger charge is 2.20. The number of nitrogens with zero attached hydrogens (tertiary/aromatic N) is 3. The highest BCUT2D eigenvalue weighted by Crippen LogP contribution is 2.20. The zero-order valence-electron chi connectivity index (χ0n) is 13.5. The summed E-state index contributed by atoms with van der Waals surface area (Å²) in [7, 11) is 1.58. The van der Waals surface area contributed by atoms with E-state index in [-0.39, 0.29) is 11.3 Å². The first-order chi connectivity index (χ1) is 11.5. The van der Waals surface area contributed by atoms with Crippen LogP contribution < -0.4 is 10.2 Å². The molecule has 7 nitrogen and oxygen atoms in total. The number of nitrogens with one attached hydrogen (secondary N) is 1. The molecule has 2 heterocycles. The van der Waals surface area contributed by atoms with Crippen LogP contribution in [0.2, 0.25) is 0 Å². The quantitative estimate of drug-likeness (QED) is 0.871. The molecule has 1 saturated heterocycles. The minimum absolute atomic E-state index is 0.0707. The van der Waals surface area contributed by atoms with Gasteiger partial charge >= 0.3 is 5.97 Å². The number of carboxylic acids is 1. The minimum atomic E-state index is -1.16. The Kier molecular flexibility index (Phi) is 4.50. The Balaban J connectivity index is 1.63. The molecule has 0 atom stereocenters. The maximum Gasteiger partial charge on any atom is 0.339 e. The van der Waals surface area contributed by atoms with E-state index in [1.165, 1.54) is 29.4 Å². The number of rotatable bonds is 5. The molecular formula is C17H20N4O3. The first kappa shape index (κ1) is 16.0. The van der Waals surface area contributed by atoms with Gasteiger partial charge in [-0.25, -0.2) is 4.79 Å². The van der Waals surface area contributed by atoms with E-state index >= 15 is 0 Å². The Bertz CT molecular complexity index is 746. The number of hydrogen-bond acceptors (Lipinski definition) is 4. The monoisotopic (exact) mass is 328 g/mol. The van der Waals surface area contributed by atoms with E-state index < -0.39 is 11.9 Å². The Labute approximate surface area is 139 Å². The Morgan fingerprint density at radius 3 is 2.50 bits per heavy atom. The van der Waals surface area contributed by atoms with E-state index in [1.54, 1.807) is 7.05 Å². The lowest BCUT2D eigenvalue weighted by Crippen LogP contribution is -2.25.